The lowest BCUT2D eigenvalue weighted by atomic mass is 9.85. The molecule has 4 amide bonds. The molecule has 390 valence electrons. The zero-order valence-electron chi connectivity index (χ0n) is 41.2. The first-order valence-corrected chi connectivity index (χ1v) is 24.7. The van der Waals surface area contributed by atoms with Crippen molar-refractivity contribution in [3.8, 4) is 33.5 Å². The number of anilines is 2. The van der Waals surface area contributed by atoms with Gasteiger partial charge in [0.2, 0.25) is 17.7 Å². The number of pyridine rings is 1. The molecule has 0 unspecified atom stereocenters. The number of benzene rings is 3. The highest BCUT2D eigenvalue weighted by Gasteiger charge is 2.52. The van der Waals surface area contributed by atoms with E-state index in [2.05, 4.69) is 20.6 Å². The summed E-state index contributed by atoms with van der Waals surface area (Å²) in [6.45, 7) is 10.2. The molecule has 2 aromatic heterocycles. The summed E-state index contributed by atoms with van der Waals surface area (Å²) in [4.78, 5) is 67.1. The van der Waals surface area contributed by atoms with Gasteiger partial charge in [0.1, 0.15) is 29.8 Å². The second kappa shape index (κ2) is 22.3. The maximum atomic E-state index is 15.4. The van der Waals surface area contributed by atoms with Crippen molar-refractivity contribution in [1.82, 2.24) is 25.5 Å². The summed E-state index contributed by atoms with van der Waals surface area (Å²) in [7, 11) is 0. The first kappa shape index (κ1) is 54.8. The summed E-state index contributed by atoms with van der Waals surface area (Å²) in [5, 5.41) is 25.1. The van der Waals surface area contributed by atoms with E-state index in [1.54, 1.807) is 43.7 Å². The maximum Gasteiger partial charge on any atom is 0.420 e. The minimum atomic E-state index is -5.23. The van der Waals surface area contributed by atoms with Gasteiger partial charge in [-0.1, -0.05) is 45.0 Å². The Morgan fingerprint density at radius 1 is 1.00 bits per heavy atom. The van der Waals surface area contributed by atoms with Crippen LogP contribution in [0, 0.1) is 35.3 Å². The van der Waals surface area contributed by atoms with Crippen LogP contribution in [0.4, 0.5) is 33.3 Å². The van der Waals surface area contributed by atoms with E-state index >= 15 is 8.78 Å². The molecule has 0 aliphatic carbocycles. The molecule has 4 heterocycles. The number of nitriles is 1. The van der Waals surface area contributed by atoms with Gasteiger partial charge < -0.3 is 35.0 Å². The van der Waals surface area contributed by atoms with E-state index < -0.39 is 87.4 Å². The number of hydrogen-bond acceptors (Lipinski definition) is 12. The molecule has 5 aromatic rings. The van der Waals surface area contributed by atoms with Crippen molar-refractivity contribution in [3.05, 3.63) is 112 Å². The monoisotopic (exact) mass is 1060 g/mol. The SMILES string of the molecule is Cc1ncsc1-c1ccc(CNC(=O)[C@@H]2C[C@@H](O)CN2C(=O)[C@@H](NC(=O)COCCCCOc2ccc(-c3ccc(N4C(=S)N(c5ccc(C#N)c(C(F)(F)F)c5F)C(=O)C4(C)C)cn3)cc2F)C(C)(C)C)cc1. The number of thiazole rings is 1. The lowest BCUT2D eigenvalue weighted by Crippen LogP contribution is -2.58. The zero-order chi connectivity index (χ0) is 53.9. The molecule has 2 saturated heterocycles. The van der Waals surface area contributed by atoms with Gasteiger partial charge in [0, 0.05) is 31.7 Å². The third-order valence-electron chi connectivity index (χ3n) is 12.6. The molecule has 3 N–H and O–H groups in total. The van der Waals surface area contributed by atoms with Gasteiger partial charge >= 0.3 is 6.18 Å². The number of ether oxygens (including phenoxy) is 2. The van der Waals surface area contributed by atoms with Gasteiger partial charge in [0.25, 0.3) is 5.91 Å². The number of nitrogens with zero attached hydrogens (tertiary/aromatic N) is 6. The van der Waals surface area contributed by atoms with Gasteiger partial charge in [0.15, 0.2) is 22.5 Å². The Morgan fingerprint density at radius 2 is 1.70 bits per heavy atom. The van der Waals surface area contributed by atoms with E-state index in [-0.39, 0.29) is 55.9 Å². The topological polar surface area (TPSA) is 190 Å². The first-order valence-electron chi connectivity index (χ1n) is 23.4. The molecule has 15 nitrogen and oxygen atoms in total. The number of aliphatic hydroxyl groups excluding tert-OH is 1. The number of aromatic nitrogens is 2. The first-order chi connectivity index (χ1) is 34.9. The zero-order valence-corrected chi connectivity index (χ0v) is 42.8. The van der Waals surface area contributed by atoms with Gasteiger partial charge in [0.05, 0.1) is 63.7 Å². The number of aliphatic hydroxyl groups is 1. The fourth-order valence-electron chi connectivity index (χ4n) is 8.65. The molecule has 74 heavy (non-hydrogen) atoms. The van der Waals surface area contributed by atoms with E-state index in [4.69, 9.17) is 21.7 Å². The average Bonchev–Trinajstić information content (AvgIpc) is 4.01. The van der Waals surface area contributed by atoms with Crippen LogP contribution in [0.15, 0.2) is 78.4 Å². The van der Waals surface area contributed by atoms with Gasteiger partial charge in [-0.3, -0.25) is 29.1 Å². The number of rotatable bonds is 17. The number of carbonyl (C=O) groups is 4. The van der Waals surface area contributed by atoms with Crippen molar-refractivity contribution < 1.29 is 55.7 Å². The van der Waals surface area contributed by atoms with Crippen LogP contribution in [0.2, 0.25) is 0 Å². The predicted molar refractivity (Wildman–Crippen MR) is 270 cm³/mol. The van der Waals surface area contributed by atoms with Crippen LogP contribution in [0.5, 0.6) is 5.75 Å². The Morgan fingerprint density at radius 3 is 2.32 bits per heavy atom. The summed E-state index contributed by atoms with van der Waals surface area (Å²) in [6.07, 6.45) is -3.89. The smallest absolute Gasteiger partial charge is 0.420 e. The second-order valence-corrected chi connectivity index (χ2v) is 20.6. The van der Waals surface area contributed by atoms with Gasteiger partial charge in [-0.05, 0) is 105 Å². The molecule has 0 spiro atoms. The molecule has 0 bridgehead atoms. The number of amides is 4. The van der Waals surface area contributed by atoms with Crippen LogP contribution in [-0.2, 0) is 36.6 Å². The molecule has 0 saturated carbocycles. The van der Waals surface area contributed by atoms with E-state index in [1.807, 2.05) is 31.2 Å². The molecule has 2 aliphatic heterocycles. The highest BCUT2D eigenvalue weighted by atomic mass is 32.1. The lowest BCUT2D eigenvalue weighted by Gasteiger charge is -2.35. The standard InChI is InChI=1S/C52H53F5N8O7S2/c1-29-44(74-28-61-29)31-11-9-30(10-12-31)24-60-46(68)39-22-35(66)26-63(39)47(69)45(50(2,3)4)62-41(67)27-71-19-7-8-20-72-40-18-14-32(21-36(40)53)37-16-15-34(25-59-37)65-49(73)64(48(70)51(65,5)6)38-17-13-33(23-58)42(43(38)54)52(55,56)57/h9-18,21,25,28,35,39,45,66H,7-8,19-20,22,24,26-27H2,1-6H3,(H,60,68)(H,62,67)/t35-,39+,45-/m1/s1. The Bertz CT molecular complexity index is 2980. The average molecular weight is 1060 g/mol. The quantitative estimate of drug-likeness (QED) is 0.0460. The van der Waals surface area contributed by atoms with Crippen molar-refractivity contribution in [1.29, 1.82) is 5.26 Å². The van der Waals surface area contributed by atoms with Crippen molar-refractivity contribution in [2.24, 2.45) is 5.41 Å². The summed E-state index contributed by atoms with van der Waals surface area (Å²) in [5.41, 5.74) is -0.291. The molecule has 22 heteroatoms. The summed E-state index contributed by atoms with van der Waals surface area (Å²) >= 11 is 7.05. The summed E-state index contributed by atoms with van der Waals surface area (Å²) in [6, 6.07) is 16.0. The van der Waals surface area contributed by atoms with Gasteiger partial charge in [-0.15, -0.1) is 11.3 Å². The molecule has 7 rings (SSSR count). The second-order valence-electron chi connectivity index (χ2n) is 19.3. The van der Waals surface area contributed by atoms with E-state index in [0.29, 0.717) is 29.0 Å². The Balaban J connectivity index is 0.862. The number of nitrogens with one attached hydrogen (secondary N) is 2. The minimum Gasteiger partial charge on any atom is -0.491 e. The normalized spacial score (nSPS) is 17.1. The number of unbranched alkanes of at least 4 members (excludes halogenated alkanes) is 1. The number of halogens is 5. The molecule has 3 aromatic carbocycles. The van der Waals surface area contributed by atoms with Crippen LogP contribution in [0.25, 0.3) is 21.7 Å². The summed E-state index contributed by atoms with van der Waals surface area (Å²) in [5.74, 6) is -4.84. The number of carbonyl (C=O) groups excluding carboxylic acids is 4. The molecule has 2 fully saturated rings. The van der Waals surface area contributed by atoms with Crippen LogP contribution in [-0.4, -0.2) is 98.8 Å². The number of aryl methyl sites for hydroxylation is 1. The Kier molecular flexibility index (Phi) is 16.5. The van der Waals surface area contributed by atoms with E-state index in [0.717, 1.165) is 33.8 Å². The van der Waals surface area contributed by atoms with Crippen molar-refractivity contribution in [3.63, 3.8) is 0 Å². The number of β-amino-alcohol motifs (C(OH)–C–C–N with tert-alkyl or cyclic N) is 1. The largest absolute Gasteiger partial charge is 0.491 e. The number of thiocarbonyl (C=S) groups is 1. The third-order valence-corrected chi connectivity index (χ3v) is 13.9. The van der Waals surface area contributed by atoms with Gasteiger partial charge in [-0.2, -0.15) is 18.4 Å². The molecule has 0 radical (unpaired) electrons. The fraction of sp³-hybridized carbons (Fsp3) is 0.385. The van der Waals surface area contributed by atoms with Crippen LogP contribution in [0.3, 0.4) is 0 Å². The Hall–Kier alpha value is -6.93. The molecule has 3 atom stereocenters. The molecular weight excluding hydrogens is 1010 g/mol. The van der Waals surface area contributed by atoms with Gasteiger partial charge in [-0.25, -0.2) is 13.8 Å². The fourth-order valence-corrected chi connectivity index (χ4v) is 9.98. The van der Waals surface area contributed by atoms with Crippen molar-refractivity contribution in [2.45, 2.75) is 97.3 Å². The molecule has 2 aliphatic rings. The summed E-state index contributed by atoms with van der Waals surface area (Å²) < 4.78 is 83.3. The van der Waals surface area contributed by atoms with Crippen molar-refractivity contribution >= 4 is 63.7 Å². The highest BCUT2D eigenvalue weighted by Crippen LogP contribution is 2.42. The minimum absolute atomic E-state index is 0.0341. The number of alkyl halides is 3. The van der Waals surface area contributed by atoms with Crippen LogP contribution >= 0.6 is 23.6 Å². The highest BCUT2D eigenvalue weighted by molar-refractivity contribution is 7.81. The number of likely N-dealkylation sites (tertiary alicyclic amines) is 1. The lowest BCUT2D eigenvalue weighted by molar-refractivity contribution is -0.144. The van der Waals surface area contributed by atoms with Crippen LogP contribution in [0.1, 0.15) is 76.3 Å². The molecular formula is C52H53F5N8O7S2. The van der Waals surface area contributed by atoms with Crippen LogP contribution < -0.4 is 25.2 Å². The maximum absolute atomic E-state index is 15.4. The van der Waals surface area contributed by atoms with Crippen molar-refractivity contribution in [2.75, 3.05) is 36.2 Å². The van der Waals surface area contributed by atoms with E-state index in [1.165, 1.54) is 60.2 Å². The Labute approximate surface area is 433 Å². The van der Waals surface area contributed by atoms with E-state index in [9.17, 15) is 42.7 Å². The number of hydrogen-bond donors (Lipinski definition) is 3. The third kappa shape index (κ3) is 11.9. The predicted octanol–water partition coefficient (Wildman–Crippen LogP) is 8.25.